The van der Waals surface area contributed by atoms with Gasteiger partial charge in [-0.1, -0.05) is 64.6 Å². The molecule has 1 N–H and O–H groups in total. The summed E-state index contributed by atoms with van der Waals surface area (Å²) < 4.78 is 5.28. The maximum absolute atomic E-state index is 11.7. The van der Waals surface area contributed by atoms with Crippen molar-refractivity contribution in [3.8, 4) is 5.75 Å². The highest BCUT2D eigenvalue weighted by atomic mass is 35.5. The van der Waals surface area contributed by atoms with E-state index in [0.29, 0.717) is 15.6 Å². The number of carbonyl (C=O) groups is 1. The van der Waals surface area contributed by atoms with E-state index in [0.717, 1.165) is 0 Å². The van der Waals surface area contributed by atoms with Gasteiger partial charge in [-0.2, -0.15) is 5.10 Å². The Kier molecular flexibility index (Phi) is 6.54. The minimum Gasteiger partial charge on any atom is -0.481 e. The zero-order chi connectivity index (χ0) is 16.8. The first-order chi connectivity index (χ1) is 11.0. The Morgan fingerprint density at radius 1 is 1.09 bits per heavy atom. The van der Waals surface area contributed by atoms with Crippen molar-refractivity contribution >= 4 is 58.5 Å². The van der Waals surface area contributed by atoms with Crippen LogP contribution in [0, 0.1) is 0 Å². The van der Waals surface area contributed by atoms with E-state index in [9.17, 15) is 4.79 Å². The molecule has 120 valence electrons. The molecule has 8 heteroatoms. The summed E-state index contributed by atoms with van der Waals surface area (Å²) in [7, 11) is 0. The van der Waals surface area contributed by atoms with Crippen molar-refractivity contribution in [2.24, 2.45) is 5.10 Å². The van der Waals surface area contributed by atoms with E-state index in [2.05, 4.69) is 10.5 Å². The molecule has 0 bridgehead atoms. The highest BCUT2D eigenvalue weighted by Gasteiger charge is 2.11. The zero-order valence-electron chi connectivity index (χ0n) is 11.5. The van der Waals surface area contributed by atoms with Crippen molar-refractivity contribution < 1.29 is 9.53 Å². The summed E-state index contributed by atoms with van der Waals surface area (Å²) in [6.07, 6.45) is 1.43. The third kappa shape index (κ3) is 5.29. The molecular formula is C15H10Cl4N2O2. The van der Waals surface area contributed by atoms with Gasteiger partial charge in [0.15, 0.2) is 12.4 Å². The molecule has 0 aromatic heterocycles. The lowest BCUT2D eigenvalue weighted by Crippen LogP contribution is -2.24. The molecule has 2 aromatic rings. The quantitative estimate of drug-likeness (QED) is 0.586. The molecule has 0 aliphatic carbocycles. The van der Waals surface area contributed by atoms with Crippen LogP contribution in [-0.2, 0) is 4.79 Å². The number of carbonyl (C=O) groups excluding carboxylic acids is 1. The Balaban J connectivity index is 1.90. The molecule has 0 fully saturated rings. The second-order valence-corrected chi connectivity index (χ2v) is 5.96. The number of benzene rings is 2. The minimum absolute atomic E-state index is 0.183. The van der Waals surface area contributed by atoms with E-state index in [4.69, 9.17) is 51.1 Å². The standard InChI is InChI=1S/C15H10Cl4N2O2/c16-10-5-12(18)15(13(19)6-10)23-8-14(22)21-20-7-9-3-1-2-4-11(9)17/h1-7H,8H2,(H,21,22)/b20-7+. The van der Waals surface area contributed by atoms with Gasteiger partial charge in [-0.15, -0.1) is 0 Å². The van der Waals surface area contributed by atoms with Crippen molar-refractivity contribution in [2.75, 3.05) is 6.61 Å². The van der Waals surface area contributed by atoms with Gasteiger partial charge in [0.25, 0.3) is 5.91 Å². The SMILES string of the molecule is O=C(COc1c(Cl)cc(Cl)cc1Cl)N/N=C/c1ccccc1Cl. The van der Waals surface area contributed by atoms with Crippen LogP contribution in [0.15, 0.2) is 41.5 Å². The number of rotatable bonds is 5. The molecule has 1 amide bonds. The highest BCUT2D eigenvalue weighted by Crippen LogP contribution is 2.35. The molecule has 0 radical (unpaired) electrons. The third-order valence-electron chi connectivity index (χ3n) is 2.61. The van der Waals surface area contributed by atoms with Gasteiger partial charge in [0.1, 0.15) is 0 Å². The van der Waals surface area contributed by atoms with Crippen LogP contribution in [0.5, 0.6) is 5.75 Å². The number of nitrogens with one attached hydrogen (secondary N) is 1. The summed E-state index contributed by atoms with van der Waals surface area (Å²) in [5.41, 5.74) is 2.99. The predicted octanol–water partition coefficient (Wildman–Crippen LogP) is 4.83. The van der Waals surface area contributed by atoms with Crippen molar-refractivity contribution in [2.45, 2.75) is 0 Å². The van der Waals surface area contributed by atoms with E-state index < -0.39 is 5.91 Å². The molecule has 4 nitrogen and oxygen atoms in total. The third-order valence-corrected chi connectivity index (χ3v) is 3.73. The molecule has 0 atom stereocenters. The Labute approximate surface area is 152 Å². The lowest BCUT2D eigenvalue weighted by molar-refractivity contribution is -0.123. The number of ether oxygens (including phenoxy) is 1. The molecule has 0 aliphatic heterocycles. The number of hydrogen-bond acceptors (Lipinski definition) is 3. The van der Waals surface area contributed by atoms with E-state index in [1.165, 1.54) is 18.3 Å². The van der Waals surface area contributed by atoms with Crippen molar-refractivity contribution in [3.63, 3.8) is 0 Å². The second-order valence-electron chi connectivity index (χ2n) is 4.30. The molecule has 2 aromatic carbocycles. The highest BCUT2D eigenvalue weighted by molar-refractivity contribution is 6.40. The van der Waals surface area contributed by atoms with Gasteiger partial charge in [0.05, 0.1) is 16.3 Å². The molecule has 0 saturated heterocycles. The van der Waals surface area contributed by atoms with E-state index >= 15 is 0 Å². The van der Waals surface area contributed by atoms with Gasteiger partial charge in [0.2, 0.25) is 0 Å². The van der Waals surface area contributed by atoms with Crippen LogP contribution in [0.4, 0.5) is 0 Å². The van der Waals surface area contributed by atoms with Gasteiger partial charge >= 0.3 is 0 Å². The lowest BCUT2D eigenvalue weighted by atomic mass is 10.2. The fourth-order valence-corrected chi connectivity index (χ4v) is 2.70. The largest absolute Gasteiger partial charge is 0.481 e. The monoisotopic (exact) mass is 390 g/mol. The van der Waals surface area contributed by atoms with Crippen LogP contribution < -0.4 is 10.2 Å². The Morgan fingerprint density at radius 3 is 2.39 bits per heavy atom. The summed E-state index contributed by atoms with van der Waals surface area (Å²) in [5, 5.41) is 5.14. The lowest BCUT2D eigenvalue weighted by Gasteiger charge is -2.09. The van der Waals surface area contributed by atoms with Gasteiger partial charge in [0, 0.05) is 15.6 Å². The van der Waals surface area contributed by atoms with Crippen LogP contribution in [0.1, 0.15) is 5.56 Å². The first-order valence-corrected chi connectivity index (χ1v) is 7.82. The number of nitrogens with zero attached hydrogens (tertiary/aromatic N) is 1. The average molecular weight is 392 g/mol. The smallest absolute Gasteiger partial charge is 0.277 e. The van der Waals surface area contributed by atoms with Crippen molar-refractivity contribution in [1.29, 1.82) is 0 Å². The molecule has 0 unspecified atom stereocenters. The van der Waals surface area contributed by atoms with E-state index in [-0.39, 0.29) is 22.4 Å². The first-order valence-electron chi connectivity index (χ1n) is 6.31. The molecular weight excluding hydrogens is 382 g/mol. The summed E-state index contributed by atoms with van der Waals surface area (Å²) in [6, 6.07) is 10.0. The zero-order valence-corrected chi connectivity index (χ0v) is 14.5. The van der Waals surface area contributed by atoms with Crippen LogP contribution in [0.25, 0.3) is 0 Å². The van der Waals surface area contributed by atoms with Crippen LogP contribution in [0.2, 0.25) is 20.1 Å². The average Bonchev–Trinajstić information content (AvgIpc) is 2.48. The van der Waals surface area contributed by atoms with Gasteiger partial charge in [-0.05, 0) is 18.2 Å². The van der Waals surface area contributed by atoms with Crippen molar-refractivity contribution in [1.82, 2.24) is 5.43 Å². The molecule has 0 heterocycles. The number of hydrogen-bond donors (Lipinski definition) is 1. The molecule has 0 spiro atoms. The van der Waals surface area contributed by atoms with Crippen LogP contribution >= 0.6 is 46.4 Å². The summed E-state index contributed by atoms with van der Waals surface area (Å²) in [5.74, 6) is -0.293. The maximum Gasteiger partial charge on any atom is 0.277 e. The van der Waals surface area contributed by atoms with Crippen molar-refractivity contribution in [3.05, 3.63) is 62.1 Å². The number of halogens is 4. The number of hydrazone groups is 1. The molecule has 2 rings (SSSR count). The minimum atomic E-state index is -0.476. The first kappa shape index (κ1) is 17.9. The van der Waals surface area contributed by atoms with E-state index in [1.807, 2.05) is 6.07 Å². The molecule has 0 aliphatic rings. The second kappa shape index (κ2) is 8.41. The molecule has 23 heavy (non-hydrogen) atoms. The Bertz CT molecular complexity index is 727. The number of amides is 1. The Hall–Kier alpha value is -1.46. The topological polar surface area (TPSA) is 50.7 Å². The van der Waals surface area contributed by atoms with E-state index in [1.54, 1.807) is 18.2 Å². The fourth-order valence-electron chi connectivity index (χ4n) is 1.59. The summed E-state index contributed by atoms with van der Waals surface area (Å²) >= 11 is 23.7. The predicted molar refractivity (Wildman–Crippen MR) is 94.2 cm³/mol. The molecule has 0 saturated carbocycles. The summed E-state index contributed by atoms with van der Waals surface area (Å²) in [4.78, 5) is 11.7. The maximum atomic E-state index is 11.7. The summed E-state index contributed by atoms with van der Waals surface area (Å²) in [6.45, 7) is -0.305. The van der Waals surface area contributed by atoms with Gasteiger partial charge in [-0.3, -0.25) is 4.79 Å². The fraction of sp³-hybridized carbons (Fsp3) is 0.0667. The van der Waals surface area contributed by atoms with Gasteiger partial charge in [-0.25, -0.2) is 5.43 Å². The van der Waals surface area contributed by atoms with Gasteiger partial charge < -0.3 is 4.74 Å². The normalized spacial score (nSPS) is 10.8. The Morgan fingerprint density at radius 2 is 1.74 bits per heavy atom. The van der Waals surface area contributed by atoms with Crippen LogP contribution in [-0.4, -0.2) is 18.7 Å². The van der Waals surface area contributed by atoms with Crippen LogP contribution in [0.3, 0.4) is 0 Å².